The quantitative estimate of drug-likeness (QED) is 0.375. The fourth-order valence-corrected chi connectivity index (χ4v) is 3.10. The first-order chi connectivity index (χ1) is 13.6. The highest BCUT2D eigenvalue weighted by Gasteiger charge is 2.21. The molecule has 0 aliphatic carbocycles. The molecule has 0 spiro atoms. The third kappa shape index (κ3) is 8.02. The van der Waals surface area contributed by atoms with Gasteiger partial charge in [-0.2, -0.15) is 0 Å². The molecule has 7 nitrogen and oxygen atoms in total. The number of aliphatic imine (C=N–C) groups is 1. The number of guanidine groups is 1. The van der Waals surface area contributed by atoms with Gasteiger partial charge < -0.3 is 24.4 Å². The maximum Gasteiger partial charge on any atom is 0.213 e. The lowest BCUT2D eigenvalue weighted by Gasteiger charge is -2.34. The van der Waals surface area contributed by atoms with Crippen LogP contribution < -0.4 is 10.1 Å². The average Bonchev–Trinajstić information content (AvgIpc) is 2.70. The number of ether oxygens (including phenoxy) is 3. The molecule has 1 fully saturated rings. The molecule has 1 aliphatic rings. The normalized spacial score (nSPS) is 15.9. The van der Waals surface area contributed by atoms with E-state index in [1.54, 1.807) is 7.11 Å². The summed E-state index contributed by atoms with van der Waals surface area (Å²) in [5.41, 5.74) is 1.07. The van der Waals surface area contributed by atoms with Crippen LogP contribution in [-0.2, 0) is 16.0 Å². The molecule has 1 N–H and O–H groups in total. The molecule has 28 heavy (non-hydrogen) atoms. The standard InChI is InChI=1S/C21H36N4O3/c1-5-22-21(24-16-18-7-8-20(23-15-18)28-17(2)3)25-11-9-19(10-12-25)27-14-6-13-26-4/h7-8,15,17,19H,5-6,9-14,16H2,1-4H3,(H,22,24). The highest BCUT2D eigenvalue weighted by Crippen LogP contribution is 2.15. The molecule has 1 aromatic heterocycles. The van der Waals surface area contributed by atoms with Crippen LogP contribution in [0.5, 0.6) is 5.88 Å². The number of hydrogen-bond acceptors (Lipinski definition) is 5. The van der Waals surface area contributed by atoms with Crippen molar-refractivity contribution in [1.82, 2.24) is 15.2 Å². The first kappa shape index (κ1) is 22.4. The SMILES string of the molecule is CCNC(=NCc1ccc(OC(C)C)nc1)N1CCC(OCCCOC)CC1. The van der Waals surface area contributed by atoms with Crippen LogP contribution in [0.1, 0.15) is 45.6 Å². The number of piperidine rings is 1. The predicted molar refractivity (Wildman–Crippen MR) is 112 cm³/mol. The lowest BCUT2D eigenvalue weighted by Crippen LogP contribution is -2.47. The molecule has 2 heterocycles. The van der Waals surface area contributed by atoms with Gasteiger partial charge in [-0.25, -0.2) is 9.98 Å². The molecular formula is C21H36N4O3. The summed E-state index contributed by atoms with van der Waals surface area (Å²) in [6.45, 7) is 11.0. The fourth-order valence-electron chi connectivity index (χ4n) is 3.10. The van der Waals surface area contributed by atoms with Gasteiger partial charge in [-0.1, -0.05) is 6.07 Å². The van der Waals surface area contributed by atoms with E-state index in [4.69, 9.17) is 19.2 Å². The topological polar surface area (TPSA) is 68.2 Å². The average molecular weight is 393 g/mol. The van der Waals surface area contributed by atoms with Crippen molar-refractivity contribution >= 4 is 5.96 Å². The molecule has 0 atom stereocenters. The zero-order valence-corrected chi connectivity index (χ0v) is 17.8. The molecule has 2 rings (SSSR count). The van der Waals surface area contributed by atoms with Crippen molar-refractivity contribution in [3.63, 3.8) is 0 Å². The number of aromatic nitrogens is 1. The van der Waals surface area contributed by atoms with E-state index in [1.807, 2.05) is 32.2 Å². The molecular weight excluding hydrogens is 356 g/mol. The molecule has 0 radical (unpaired) electrons. The molecule has 158 valence electrons. The van der Waals surface area contributed by atoms with Crippen LogP contribution in [0.4, 0.5) is 0 Å². The fraction of sp³-hybridized carbons (Fsp3) is 0.714. The molecule has 1 aliphatic heterocycles. The second-order valence-corrected chi connectivity index (χ2v) is 7.25. The minimum Gasteiger partial charge on any atom is -0.475 e. The van der Waals surface area contributed by atoms with E-state index >= 15 is 0 Å². The van der Waals surface area contributed by atoms with E-state index in [9.17, 15) is 0 Å². The third-order valence-corrected chi connectivity index (χ3v) is 4.49. The summed E-state index contributed by atoms with van der Waals surface area (Å²) in [5, 5.41) is 3.41. The molecule has 0 bridgehead atoms. The maximum absolute atomic E-state index is 5.95. The summed E-state index contributed by atoms with van der Waals surface area (Å²) in [6, 6.07) is 3.93. The minimum absolute atomic E-state index is 0.128. The van der Waals surface area contributed by atoms with Crippen LogP contribution in [0.3, 0.4) is 0 Å². The Balaban J connectivity index is 1.83. The van der Waals surface area contributed by atoms with E-state index in [0.717, 1.165) is 63.6 Å². The third-order valence-electron chi connectivity index (χ3n) is 4.49. The number of methoxy groups -OCH3 is 1. The van der Waals surface area contributed by atoms with Crippen LogP contribution in [0.15, 0.2) is 23.3 Å². The van der Waals surface area contributed by atoms with Crippen molar-refractivity contribution in [3.8, 4) is 5.88 Å². The second-order valence-electron chi connectivity index (χ2n) is 7.25. The van der Waals surface area contributed by atoms with Crippen LogP contribution >= 0.6 is 0 Å². The Morgan fingerprint density at radius 1 is 1.29 bits per heavy atom. The van der Waals surface area contributed by atoms with Gasteiger partial charge in [0.25, 0.3) is 0 Å². The Labute approximate surface area is 169 Å². The summed E-state index contributed by atoms with van der Waals surface area (Å²) in [7, 11) is 1.73. The minimum atomic E-state index is 0.128. The number of rotatable bonds is 10. The molecule has 1 aromatic rings. The van der Waals surface area contributed by atoms with E-state index in [0.29, 0.717) is 18.5 Å². The summed E-state index contributed by atoms with van der Waals surface area (Å²) >= 11 is 0. The van der Waals surface area contributed by atoms with Crippen LogP contribution in [0.25, 0.3) is 0 Å². The van der Waals surface area contributed by atoms with E-state index < -0.39 is 0 Å². The highest BCUT2D eigenvalue weighted by atomic mass is 16.5. The molecule has 0 amide bonds. The van der Waals surface area contributed by atoms with E-state index in [-0.39, 0.29) is 6.10 Å². The van der Waals surface area contributed by atoms with Gasteiger partial charge in [0, 0.05) is 52.2 Å². The molecule has 7 heteroatoms. The van der Waals surface area contributed by atoms with Gasteiger partial charge in [0.1, 0.15) is 0 Å². The monoisotopic (exact) mass is 392 g/mol. The van der Waals surface area contributed by atoms with Crippen LogP contribution in [0, 0.1) is 0 Å². The number of hydrogen-bond donors (Lipinski definition) is 1. The lowest BCUT2D eigenvalue weighted by atomic mass is 10.1. The summed E-state index contributed by atoms with van der Waals surface area (Å²) in [5.74, 6) is 1.62. The van der Waals surface area contributed by atoms with Crippen molar-refractivity contribution in [2.45, 2.75) is 58.8 Å². The van der Waals surface area contributed by atoms with E-state index in [1.165, 1.54) is 0 Å². The van der Waals surface area contributed by atoms with Gasteiger partial charge in [0.2, 0.25) is 5.88 Å². The smallest absolute Gasteiger partial charge is 0.213 e. The van der Waals surface area contributed by atoms with E-state index in [2.05, 4.69) is 22.1 Å². The molecule has 1 saturated heterocycles. The summed E-state index contributed by atoms with van der Waals surface area (Å²) < 4.78 is 16.6. The Bertz CT molecular complexity index is 570. The predicted octanol–water partition coefficient (Wildman–Crippen LogP) is 2.85. The van der Waals surface area contributed by atoms with Gasteiger partial charge in [-0.05, 0) is 45.6 Å². The summed E-state index contributed by atoms with van der Waals surface area (Å²) in [6.07, 6.45) is 5.32. The van der Waals surface area contributed by atoms with Crippen molar-refractivity contribution < 1.29 is 14.2 Å². The maximum atomic E-state index is 5.95. The van der Waals surface area contributed by atoms with Crippen molar-refractivity contribution in [1.29, 1.82) is 0 Å². The number of pyridine rings is 1. The number of likely N-dealkylation sites (tertiary alicyclic amines) is 1. The van der Waals surface area contributed by atoms with Gasteiger partial charge in [-0.3, -0.25) is 0 Å². The summed E-state index contributed by atoms with van der Waals surface area (Å²) in [4.78, 5) is 11.5. The lowest BCUT2D eigenvalue weighted by molar-refractivity contribution is 0.00990. The van der Waals surface area contributed by atoms with Crippen molar-refractivity contribution in [3.05, 3.63) is 23.9 Å². The number of nitrogens with zero attached hydrogens (tertiary/aromatic N) is 3. The Kier molecular flexibility index (Phi) is 10.1. The van der Waals surface area contributed by atoms with Crippen LogP contribution in [0.2, 0.25) is 0 Å². The van der Waals surface area contributed by atoms with Gasteiger partial charge in [0.15, 0.2) is 5.96 Å². The van der Waals surface area contributed by atoms with Gasteiger partial charge >= 0.3 is 0 Å². The molecule has 0 saturated carbocycles. The van der Waals surface area contributed by atoms with Gasteiger partial charge in [-0.15, -0.1) is 0 Å². The Morgan fingerprint density at radius 3 is 2.68 bits per heavy atom. The zero-order valence-electron chi connectivity index (χ0n) is 17.8. The number of nitrogens with one attached hydrogen (secondary N) is 1. The Morgan fingerprint density at radius 2 is 2.07 bits per heavy atom. The van der Waals surface area contributed by atoms with Gasteiger partial charge in [0.05, 0.1) is 18.8 Å². The first-order valence-electron chi connectivity index (χ1n) is 10.4. The van der Waals surface area contributed by atoms with Crippen molar-refractivity contribution in [2.75, 3.05) is 40.0 Å². The molecule has 0 aromatic carbocycles. The van der Waals surface area contributed by atoms with Crippen molar-refractivity contribution in [2.24, 2.45) is 4.99 Å². The highest BCUT2D eigenvalue weighted by molar-refractivity contribution is 5.80. The first-order valence-corrected chi connectivity index (χ1v) is 10.4. The second kappa shape index (κ2) is 12.6. The van der Waals surface area contributed by atoms with Crippen LogP contribution in [-0.4, -0.2) is 68.0 Å². The zero-order chi connectivity index (χ0) is 20.2. The molecule has 0 unspecified atom stereocenters. The Hall–Kier alpha value is -1.86. The largest absolute Gasteiger partial charge is 0.475 e.